The van der Waals surface area contributed by atoms with Crippen LogP contribution in [0.3, 0.4) is 0 Å². The van der Waals surface area contributed by atoms with Gasteiger partial charge in [-0.2, -0.15) is 0 Å². The molecule has 33 heavy (non-hydrogen) atoms. The van der Waals surface area contributed by atoms with Gasteiger partial charge in [-0.15, -0.1) is 0 Å². The van der Waals surface area contributed by atoms with E-state index in [9.17, 15) is 0 Å². The second-order valence-corrected chi connectivity index (χ2v) is 8.84. The number of benzene rings is 5. The van der Waals surface area contributed by atoms with Crippen molar-refractivity contribution in [1.82, 2.24) is 4.98 Å². The van der Waals surface area contributed by atoms with E-state index in [0.717, 1.165) is 44.1 Å². The molecule has 0 spiro atoms. The molecule has 0 fully saturated rings. The zero-order valence-electron chi connectivity index (χ0n) is 17.6. The van der Waals surface area contributed by atoms with Gasteiger partial charge in [-0.3, -0.25) is 0 Å². The lowest BCUT2D eigenvalue weighted by atomic mass is 9.99. The lowest BCUT2D eigenvalue weighted by Crippen LogP contribution is -1.79. The number of rotatable bonds is 2. The summed E-state index contributed by atoms with van der Waals surface area (Å²) >= 11 is 6.51. The number of hydrogen-bond acceptors (Lipinski definition) is 1. The highest BCUT2D eigenvalue weighted by molar-refractivity contribution is 6.37. The number of aromatic amines is 1. The maximum Gasteiger partial charge on any atom is 0.136 e. The topological polar surface area (TPSA) is 28.9 Å². The molecule has 0 amide bonds. The zero-order valence-corrected chi connectivity index (χ0v) is 18.4. The normalized spacial score (nSPS) is 11.8. The summed E-state index contributed by atoms with van der Waals surface area (Å²) < 4.78 is 6.01. The van der Waals surface area contributed by atoms with Gasteiger partial charge in [0.15, 0.2) is 0 Å². The maximum atomic E-state index is 6.51. The van der Waals surface area contributed by atoms with E-state index in [4.69, 9.17) is 16.0 Å². The first kappa shape index (κ1) is 18.6. The number of halogens is 1. The first-order chi connectivity index (χ1) is 16.2. The average Bonchev–Trinajstić information content (AvgIpc) is 3.42. The number of H-pyrrole nitrogens is 1. The summed E-state index contributed by atoms with van der Waals surface area (Å²) in [5.74, 6) is 0. The molecule has 0 saturated carbocycles. The Hall–Kier alpha value is -4.01. The van der Waals surface area contributed by atoms with Crippen LogP contribution in [-0.4, -0.2) is 4.98 Å². The molecule has 0 bridgehead atoms. The Balaban J connectivity index is 1.43. The molecular formula is C30H18ClNO. The second kappa shape index (κ2) is 6.99. The van der Waals surface area contributed by atoms with Crippen LogP contribution in [0, 0.1) is 0 Å². The molecule has 0 atom stereocenters. The van der Waals surface area contributed by atoms with Crippen LogP contribution in [0.4, 0.5) is 0 Å². The molecule has 0 unspecified atom stereocenters. The molecule has 5 aromatic carbocycles. The number of hydrogen-bond donors (Lipinski definition) is 1. The average molecular weight is 444 g/mol. The van der Waals surface area contributed by atoms with Crippen LogP contribution in [0.15, 0.2) is 108 Å². The molecule has 0 saturated heterocycles. The van der Waals surface area contributed by atoms with Crippen molar-refractivity contribution >= 4 is 55.3 Å². The highest BCUT2D eigenvalue weighted by Crippen LogP contribution is 2.37. The molecule has 2 heterocycles. The van der Waals surface area contributed by atoms with Gasteiger partial charge in [0.05, 0.1) is 5.02 Å². The SMILES string of the molecule is Clc1cccc2oc3ccc(-c4ccc5[nH]c6ccc(-c7ccccc7)cc6c5c4)cc3c12. The second-order valence-electron chi connectivity index (χ2n) is 8.44. The largest absolute Gasteiger partial charge is 0.456 e. The van der Waals surface area contributed by atoms with Crippen molar-refractivity contribution in [3.05, 3.63) is 108 Å². The van der Waals surface area contributed by atoms with Crippen molar-refractivity contribution in [2.75, 3.05) is 0 Å². The maximum absolute atomic E-state index is 6.51. The molecule has 2 aromatic heterocycles. The molecule has 7 rings (SSSR count). The predicted octanol–water partition coefficient (Wildman–Crippen LogP) is 9.21. The van der Waals surface area contributed by atoms with Gasteiger partial charge in [0, 0.05) is 32.6 Å². The Kier molecular flexibility index (Phi) is 3.93. The molecule has 156 valence electrons. The first-order valence-corrected chi connectivity index (χ1v) is 11.3. The van der Waals surface area contributed by atoms with Crippen molar-refractivity contribution in [2.24, 2.45) is 0 Å². The minimum Gasteiger partial charge on any atom is -0.456 e. The summed E-state index contributed by atoms with van der Waals surface area (Å²) in [7, 11) is 0. The number of fused-ring (bicyclic) bond motifs is 6. The molecule has 0 radical (unpaired) electrons. The molecule has 7 aromatic rings. The molecule has 1 N–H and O–H groups in total. The number of furan rings is 1. The lowest BCUT2D eigenvalue weighted by molar-refractivity contribution is 0.669. The third-order valence-electron chi connectivity index (χ3n) is 6.48. The molecular weight excluding hydrogens is 426 g/mol. The van der Waals surface area contributed by atoms with E-state index in [0.29, 0.717) is 5.02 Å². The summed E-state index contributed by atoms with van der Waals surface area (Å²) in [6.07, 6.45) is 0. The Morgan fingerprint density at radius 1 is 0.515 bits per heavy atom. The predicted molar refractivity (Wildman–Crippen MR) is 139 cm³/mol. The van der Waals surface area contributed by atoms with E-state index >= 15 is 0 Å². The highest BCUT2D eigenvalue weighted by Gasteiger charge is 2.13. The van der Waals surface area contributed by atoms with Crippen molar-refractivity contribution in [2.45, 2.75) is 0 Å². The lowest BCUT2D eigenvalue weighted by Gasteiger charge is -2.04. The van der Waals surface area contributed by atoms with Crippen LogP contribution in [-0.2, 0) is 0 Å². The van der Waals surface area contributed by atoms with Crippen LogP contribution in [0.5, 0.6) is 0 Å². The fourth-order valence-corrected chi connectivity index (χ4v) is 5.12. The highest BCUT2D eigenvalue weighted by atomic mass is 35.5. The van der Waals surface area contributed by atoms with Crippen LogP contribution in [0.1, 0.15) is 0 Å². The monoisotopic (exact) mass is 443 g/mol. The number of aromatic nitrogens is 1. The van der Waals surface area contributed by atoms with Gasteiger partial charge in [-0.1, -0.05) is 66.2 Å². The van der Waals surface area contributed by atoms with Crippen molar-refractivity contribution in [3.63, 3.8) is 0 Å². The van der Waals surface area contributed by atoms with E-state index in [2.05, 4.69) is 77.8 Å². The van der Waals surface area contributed by atoms with Gasteiger partial charge in [0.1, 0.15) is 11.2 Å². The summed E-state index contributed by atoms with van der Waals surface area (Å²) in [5, 5.41) is 5.17. The van der Waals surface area contributed by atoms with Crippen LogP contribution < -0.4 is 0 Å². The third kappa shape index (κ3) is 2.88. The van der Waals surface area contributed by atoms with Crippen molar-refractivity contribution in [3.8, 4) is 22.3 Å². The Labute approximate surface area is 195 Å². The molecule has 0 aliphatic rings. The zero-order chi connectivity index (χ0) is 21.9. The summed E-state index contributed by atoms with van der Waals surface area (Å²) in [6.45, 7) is 0. The minimum atomic E-state index is 0.712. The Morgan fingerprint density at radius 3 is 1.88 bits per heavy atom. The van der Waals surface area contributed by atoms with Gasteiger partial charge < -0.3 is 9.40 Å². The Morgan fingerprint density at radius 2 is 1.15 bits per heavy atom. The van der Waals surface area contributed by atoms with Gasteiger partial charge in [0.2, 0.25) is 0 Å². The summed E-state index contributed by atoms with van der Waals surface area (Å²) in [4.78, 5) is 3.56. The van der Waals surface area contributed by atoms with Crippen LogP contribution in [0.25, 0.3) is 66.0 Å². The van der Waals surface area contributed by atoms with E-state index in [1.807, 2.05) is 30.3 Å². The van der Waals surface area contributed by atoms with Gasteiger partial charge in [0.25, 0.3) is 0 Å². The molecule has 0 aliphatic heterocycles. The first-order valence-electron chi connectivity index (χ1n) is 11.0. The van der Waals surface area contributed by atoms with Crippen molar-refractivity contribution in [1.29, 1.82) is 0 Å². The van der Waals surface area contributed by atoms with E-state index in [1.54, 1.807) is 0 Å². The fraction of sp³-hybridized carbons (Fsp3) is 0. The van der Waals surface area contributed by atoms with Gasteiger partial charge >= 0.3 is 0 Å². The summed E-state index contributed by atoms with van der Waals surface area (Å²) in [5.41, 5.74) is 8.69. The van der Waals surface area contributed by atoms with E-state index in [1.165, 1.54) is 21.9 Å². The van der Waals surface area contributed by atoms with Gasteiger partial charge in [-0.25, -0.2) is 0 Å². The standard InChI is InChI=1S/C30H18ClNO/c31-25-7-4-8-29-30(25)24-17-21(11-14-28(24)33-29)20-10-13-27-23(16-20)22-15-19(9-12-26(22)32-27)18-5-2-1-3-6-18/h1-17,32H. The third-order valence-corrected chi connectivity index (χ3v) is 6.80. The fourth-order valence-electron chi connectivity index (χ4n) is 4.85. The quantitative estimate of drug-likeness (QED) is 0.283. The van der Waals surface area contributed by atoms with Gasteiger partial charge in [-0.05, 0) is 70.8 Å². The van der Waals surface area contributed by atoms with Crippen LogP contribution >= 0.6 is 11.6 Å². The molecule has 2 nitrogen and oxygen atoms in total. The van der Waals surface area contributed by atoms with Crippen molar-refractivity contribution < 1.29 is 4.42 Å². The Bertz CT molecular complexity index is 1830. The number of nitrogens with one attached hydrogen (secondary N) is 1. The summed E-state index contributed by atoms with van der Waals surface area (Å²) in [6, 6.07) is 35.9. The molecule has 0 aliphatic carbocycles. The molecule has 3 heteroatoms. The van der Waals surface area contributed by atoms with Crippen LogP contribution in [0.2, 0.25) is 5.02 Å². The smallest absolute Gasteiger partial charge is 0.136 e. The van der Waals surface area contributed by atoms with E-state index in [-0.39, 0.29) is 0 Å². The van der Waals surface area contributed by atoms with E-state index < -0.39 is 0 Å². The minimum absolute atomic E-state index is 0.712.